The largest absolute Gasteiger partial charge is 0.462 e. The molecule has 4 aromatic rings. The summed E-state index contributed by atoms with van der Waals surface area (Å²) in [4.78, 5) is 28.3. The van der Waals surface area contributed by atoms with Crippen molar-refractivity contribution < 1.29 is 14.3 Å². The molecule has 3 heterocycles. The maximum atomic E-state index is 12.3. The second-order valence-corrected chi connectivity index (χ2v) is 7.31. The predicted octanol–water partition coefficient (Wildman–Crippen LogP) is 3.09. The smallest absolute Gasteiger partial charge is 0.338 e. The first-order chi connectivity index (χ1) is 15.1. The van der Waals surface area contributed by atoms with Gasteiger partial charge in [-0.15, -0.1) is 10.2 Å². The molecule has 4 rings (SSSR count). The highest BCUT2D eigenvalue weighted by Gasteiger charge is 2.12. The van der Waals surface area contributed by atoms with Gasteiger partial charge in [-0.05, 0) is 55.5 Å². The lowest BCUT2D eigenvalue weighted by molar-refractivity contribution is -0.113. The monoisotopic (exact) mass is 434 g/mol. The summed E-state index contributed by atoms with van der Waals surface area (Å²) in [6.07, 6.45) is 1.68. The summed E-state index contributed by atoms with van der Waals surface area (Å²) in [5, 5.41) is 16.2. The number of anilines is 1. The molecule has 31 heavy (non-hydrogen) atoms. The summed E-state index contributed by atoms with van der Waals surface area (Å²) in [6.45, 7) is 2.06. The van der Waals surface area contributed by atoms with E-state index in [4.69, 9.17) is 4.74 Å². The van der Waals surface area contributed by atoms with E-state index in [0.29, 0.717) is 40.0 Å². The molecule has 10 heteroatoms. The number of ether oxygens (including phenoxy) is 1. The Bertz CT molecular complexity index is 1210. The van der Waals surface area contributed by atoms with Gasteiger partial charge in [0.25, 0.3) is 0 Å². The van der Waals surface area contributed by atoms with Crippen LogP contribution in [-0.4, -0.2) is 49.0 Å². The van der Waals surface area contributed by atoms with Gasteiger partial charge >= 0.3 is 5.97 Å². The summed E-state index contributed by atoms with van der Waals surface area (Å²) >= 11 is 1.29. The molecule has 0 radical (unpaired) electrons. The van der Waals surface area contributed by atoms with E-state index in [1.807, 2.05) is 18.2 Å². The van der Waals surface area contributed by atoms with Crippen LogP contribution in [0.5, 0.6) is 0 Å². The molecule has 9 nitrogen and oxygen atoms in total. The molecule has 0 fully saturated rings. The van der Waals surface area contributed by atoms with Crippen LogP contribution in [0.25, 0.3) is 17.2 Å². The summed E-state index contributed by atoms with van der Waals surface area (Å²) in [5.41, 5.74) is 2.28. The van der Waals surface area contributed by atoms with Crippen LogP contribution in [0, 0.1) is 0 Å². The highest BCUT2D eigenvalue weighted by molar-refractivity contribution is 7.99. The molecule has 0 unspecified atom stereocenters. The molecular weight excluding hydrogens is 416 g/mol. The van der Waals surface area contributed by atoms with Crippen molar-refractivity contribution in [2.45, 2.75) is 11.9 Å². The summed E-state index contributed by atoms with van der Waals surface area (Å²) in [5.74, 6) is 0.115. The van der Waals surface area contributed by atoms with E-state index in [9.17, 15) is 9.59 Å². The number of fused-ring (bicyclic) bond motifs is 1. The minimum atomic E-state index is -0.392. The molecule has 0 saturated heterocycles. The minimum absolute atomic E-state index is 0.166. The van der Waals surface area contributed by atoms with Gasteiger partial charge in [-0.2, -0.15) is 9.61 Å². The maximum Gasteiger partial charge on any atom is 0.338 e. The molecule has 0 atom stereocenters. The van der Waals surface area contributed by atoms with Crippen molar-refractivity contribution in [3.8, 4) is 11.5 Å². The molecule has 0 aliphatic carbocycles. The molecule has 1 amide bonds. The number of amides is 1. The van der Waals surface area contributed by atoms with Crippen molar-refractivity contribution in [2.75, 3.05) is 17.7 Å². The lowest BCUT2D eigenvalue weighted by atomic mass is 10.2. The summed E-state index contributed by atoms with van der Waals surface area (Å²) < 4.78 is 6.55. The van der Waals surface area contributed by atoms with Crippen LogP contribution in [-0.2, 0) is 9.53 Å². The highest BCUT2D eigenvalue weighted by Crippen LogP contribution is 2.20. The Kier molecular flexibility index (Phi) is 6.18. The number of thioether (sulfide) groups is 1. The van der Waals surface area contributed by atoms with Gasteiger partial charge in [0, 0.05) is 11.9 Å². The second-order valence-electron chi connectivity index (χ2n) is 6.31. The van der Waals surface area contributed by atoms with E-state index in [2.05, 4.69) is 25.6 Å². The molecule has 156 valence electrons. The summed E-state index contributed by atoms with van der Waals surface area (Å²) in [7, 11) is 0. The van der Waals surface area contributed by atoms with Gasteiger partial charge in [0.1, 0.15) is 10.7 Å². The van der Waals surface area contributed by atoms with Gasteiger partial charge in [0.15, 0.2) is 5.65 Å². The van der Waals surface area contributed by atoms with E-state index in [1.165, 1.54) is 11.8 Å². The third-order valence-electron chi connectivity index (χ3n) is 4.16. The Balaban J connectivity index is 1.40. The number of pyridine rings is 1. The van der Waals surface area contributed by atoms with Crippen LogP contribution < -0.4 is 5.32 Å². The van der Waals surface area contributed by atoms with Crippen molar-refractivity contribution >= 4 is 35.0 Å². The lowest BCUT2D eigenvalue weighted by Gasteiger charge is -2.07. The molecule has 0 aliphatic heterocycles. The topological polar surface area (TPSA) is 111 Å². The first-order valence-electron chi connectivity index (χ1n) is 9.48. The van der Waals surface area contributed by atoms with Crippen LogP contribution in [0.3, 0.4) is 0 Å². The molecule has 0 spiro atoms. The zero-order valence-electron chi connectivity index (χ0n) is 16.6. The second kappa shape index (κ2) is 9.35. The third kappa shape index (κ3) is 4.86. The van der Waals surface area contributed by atoms with Crippen LogP contribution in [0.2, 0.25) is 0 Å². The van der Waals surface area contributed by atoms with E-state index < -0.39 is 5.97 Å². The number of carbonyl (C=O) groups excluding carboxylic acids is 2. The molecular formula is C21H18N6O3S. The van der Waals surface area contributed by atoms with Crippen molar-refractivity contribution in [1.82, 2.24) is 24.8 Å². The number of hydrogen-bond donors (Lipinski definition) is 1. The van der Waals surface area contributed by atoms with Gasteiger partial charge in [-0.3, -0.25) is 9.78 Å². The molecule has 0 saturated carbocycles. The number of hydrogen-bond acceptors (Lipinski definition) is 8. The Morgan fingerprint density at radius 2 is 1.90 bits per heavy atom. The van der Waals surface area contributed by atoms with E-state index in [0.717, 1.165) is 0 Å². The normalized spacial score (nSPS) is 10.7. The number of aromatic nitrogens is 5. The van der Waals surface area contributed by atoms with Crippen molar-refractivity contribution in [2.24, 2.45) is 0 Å². The minimum Gasteiger partial charge on any atom is -0.462 e. The van der Waals surface area contributed by atoms with Crippen LogP contribution in [0.15, 0.2) is 65.8 Å². The lowest BCUT2D eigenvalue weighted by Crippen LogP contribution is -2.14. The Hall–Kier alpha value is -3.79. The van der Waals surface area contributed by atoms with Gasteiger partial charge in [-0.1, -0.05) is 17.8 Å². The van der Waals surface area contributed by atoms with E-state index in [-0.39, 0.29) is 11.7 Å². The fourth-order valence-corrected chi connectivity index (χ4v) is 3.40. The van der Waals surface area contributed by atoms with E-state index in [1.54, 1.807) is 54.0 Å². The molecule has 1 N–H and O–H groups in total. The number of rotatable bonds is 7. The molecule has 3 aromatic heterocycles. The van der Waals surface area contributed by atoms with Gasteiger partial charge in [-0.25, -0.2) is 4.79 Å². The average molecular weight is 434 g/mol. The van der Waals surface area contributed by atoms with Crippen molar-refractivity contribution in [1.29, 1.82) is 0 Å². The number of carbonyl (C=O) groups is 2. The fourth-order valence-electron chi connectivity index (χ4n) is 2.74. The summed E-state index contributed by atoms with van der Waals surface area (Å²) in [6, 6.07) is 15.7. The Labute approximate surface area is 181 Å². The maximum absolute atomic E-state index is 12.3. The molecule has 1 aromatic carbocycles. The molecule has 0 bridgehead atoms. The Morgan fingerprint density at radius 3 is 2.65 bits per heavy atom. The van der Waals surface area contributed by atoms with Crippen LogP contribution in [0.1, 0.15) is 17.3 Å². The quantitative estimate of drug-likeness (QED) is 0.349. The van der Waals surface area contributed by atoms with Gasteiger partial charge < -0.3 is 10.1 Å². The van der Waals surface area contributed by atoms with E-state index >= 15 is 0 Å². The highest BCUT2D eigenvalue weighted by atomic mass is 32.2. The number of esters is 1. The zero-order chi connectivity index (χ0) is 21.6. The first-order valence-corrected chi connectivity index (χ1v) is 10.5. The first kappa shape index (κ1) is 20.5. The number of nitrogens with zero attached hydrogens (tertiary/aromatic N) is 5. The van der Waals surface area contributed by atoms with Crippen LogP contribution >= 0.6 is 11.8 Å². The third-order valence-corrected chi connectivity index (χ3v) is 5.08. The fraction of sp³-hybridized carbons (Fsp3) is 0.143. The predicted molar refractivity (Wildman–Crippen MR) is 116 cm³/mol. The standard InChI is InChI=1S/C21H18N6O3S/c1-2-30-21(29)14-6-8-15(9-7-14)23-18(28)13-31-19-11-10-17-24-25-20(27(17)26-19)16-5-3-4-12-22-16/h3-12H,2,13H2,1H3,(H,23,28). The number of nitrogens with one attached hydrogen (secondary N) is 1. The van der Waals surface area contributed by atoms with Crippen molar-refractivity contribution in [3.63, 3.8) is 0 Å². The Morgan fingerprint density at radius 1 is 1.06 bits per heavy atom. The van der Waals surface area contributed by atoms with Gasteiger partial charge in [0.2, 0.25) is 11.7 Å². The molecule has 0 aliphatic rings. The van der Waals surface area contributed by atoms with Crippen LogP contribution in [0.4, 0.5) is 5.69 Å². The SMILES string of the molecule is CCOC(=O)c1ccc(NC(=O)CSc2ccc3nnc(-c4ccccn4)n3n2)cc1. The average Bonchev–Trinajstić information content (AvgIpc) is 3.22. The zero-order valence-corrected chi connectivity index (χ0v) is 17.4. The number of benzene rings is 1. The van der Waals surface area contributed by atoms with Gasteiger partial charge in [0.05, 0.1) is 17.9 Å². The van der Waals surface area contributed by atoms with Crippen molar-refractivity contribution in [3.05, 3.63) is 66.4 Å².